The Kier molecular flexibility index (Phi) is 3.21. The monoisotopic (exact) mass is 322 g/mol. The lowest BCUT2D eigenvalue weighted by Gasteiger charge is -2.15. The number of nitrogens with zero attached hydrogens (tertiary/aromatic N) is 1. The molecular weight excluding hydrogens is 307 g/mol. The number of hydrogen-bond donors (Lipinski definition) is 1. The molecule has 1 saturated carbocycles. The predicted molar refractivity (Wildman–Crippen MR) is 80.1 cm³/mol. The molecule has 4 heteroatoms. The first kappa shape index (κ1) is 12.9. The lowest BCUT2D eigenvalue weighted by molar-refractivity contribution is 0.629. The van der Waals surface area contributed by atoms with Gasteiger partial charge in [-0.25, -0.2) is 9.37 Å². The van der Waals surface area contributed by atoms with E-state index in [0.717, 1.165) is 26.8 Å². The second-order valence-corrected chi connectivity index (χ2v) is 6.22. The Morgan fingerprint density at radius 3 is 2.68 bits per heavy atom. The van der Waals surface area contributed by atoms with Crippen LogP contribution >= 0.6 is 15.9 Å². The highest BCUT2D eigenvalue weighted by atomic mass is 79.9. The number of halogens is 2. The molecule has 0 atom stereocenters. The molecule has 0 unspecified atom stereocenters. The number of rotatable bonds is 3. The van der Waals surface area contributed by atoms with Gasteiger partial charge in [-0.2, -0.15) is 0 Å². The molecule has 1 aromatic heterocycles. The molecule has 0 spiro atoms. The van der Waals surface area contributed by atoms with Crippen LogP contribution in [-0.2, 0) is 0 Å². The average molecular weight is 323 g/mol. The van der Waals surface area contributed by atoms with Gasteiger partial charge in [0.05, 0.1) is 5.69 Å². The van der Waals surface area contributed by atoms with E-state index in [9.17, 15) is 4.39 Å². The summed E-state index contributed by atoms with van der Waals surface area (Å²) in [5, 5.41) is 5.19. The Labute approximate surface area is 120 Å². The summed E-state index contributed by atoms with van der Waals surface area (Å²) in [5.74, 6) is 1.11. The van der Waals surface area contributed by atoms with Crippen molar-refractivity contribution in [3.63, 3.8) is 0 Å². The first-order valence-electron chi connectivity index (χ1n) is 6.61. The molecule has 1 aliphatic carbocycles. The van der Waals surface area contributed by atoms with E-state index in [0.29, 0.717) is 5.92 Å². The van der Waals surface area contributed by atoms with E-state index in [1.54, 1.807) is 6.07 Å². The van der Waals surface area contributed by atoms with Gasteiger partial charge in [0.25, 0.3) is 0 Å². The smallest absolute Gasteiger partial charge is 0.134 e. The fourth-order valence-corrected chi connectivity index (χ4v) is 3.04. The van der Waals surface area contributed by atoms with Crippen LogP contribution < -0.4 is 5.32 Å². The van der Waals surface area contributed by atoms with Gasteiger partial charge in [-0.15, -0.1) is 0 Å². The first-order chi connectivity index (χ1) is 9.06. The Balaban J connectivity index is 2.25. The van der Waals surface area contributed by atoms with E-state index in [1.165, 1.54) is 18.9 Å². The molecule has 1 aliphatic rings. The molecule has 0 saturated heterocycles. The highest BCUT2D eigenvalue weighted by Gasteiger charge is 2.29. The fraction of sp³-hybridized carbons (Fsp3) is 0.400. The standard InChI is InChI=1S/C15H16BrFN2/c1-8(2)18-15-12-7-10(17)5-6-11(12)13(16)14(19-15)9-3-4-9/h5-9H,3-4H2,1-2H3,(H,18,19). The van der Waals surface area contributed by atoms with Crippen LogP contribution in [0.2, 0.25) is 0 Å². The van der Waals surface area contributed by atoms with E-state index in [4.69, 9.17) is 4.98 Å². The van der Waals surface area contributed by atoms with Gasteiger partial charge in [-0.1, -0.05) is 6.07 Å². The number of pyridine rings is 1. The summed E-state index contributed by atoms with van der Waals surface area (Å²) in [4.78, 5) is 4.72. The molecule has 2 nitrogen and oxygen atoms in total. The van der Waals surface area contributed by atoms with E-state index in [2.05, 4.69) is 35.1 Å². The summed E-state index contributed by atoms with van der Waals surface area (Å²) >= 11 is 3.63. The summed E-state index contributed by atoms with van der Waals surface area (Å²) < 4.78 is 14.5. The zero-order valence-corrected chi connectivity index (χ0v) is 12.6. The second kappa shape index (κ2) is 4.75. The van der Waals surface area contributed by atoms with Crippen LogP contribution in [0.1, 0.15) is 38.3 Å². The van der Waals surface area contributed by atoms with Gasteiger partial charge in [-0.3, -0.25) is 0 Å². The number of aromatic nitrogens is 1. The minimum atomic E-state index is -0.229. The molecule has 1 aromatic carbocycles. The minimum absolute atomic E-state index is 0.229. The summed E-state index contributed by atoms with van der Waals surface area (Å²) in [5.41, 5.74) is 1.10. The number of benzene rings is 1. The van der Waals surface area contributed by atoms with Crippen LogP contribution in [0.5, 0.6) is 0 Å². The van der Waals surface area contributed by atoms with Crippen molar-refractivity contribution < 1.29 is 4.39 Å². The Hall–Kier alpha value is -1.16. The van der Waals surface area contributed by atoms with Crippen molar-refractivity contribution in [3.8, 4) is 0 Å². The molecule has 1 fully saturated rings. The molecule has 1 heterocycles. The maximum absolute atomic E-state index is 13.5. The molecular formula is C15H16BrFN2. The average Bonchev–Trinajstić information content (AvgIpc) is 3.16. The lowest BCUT2D eigenvalue weighted by atomic mass is 10.1. The van der Waals surface area contributed by atoms with Crippen LogP contribution in [0.4, 0.5) is 10.2 Å². The van der Waals surface area contributed by atoms with E-state index >= 15 is 0 Å². The van der Waals surface area contributed by atoms with Crippen molar-refractivity contribution in [2.24, 2.45) is 0 Å². The van der Waals surface area contributed by atoms with Crippen molar-refractivity contribution in [3.05, 3.63) is 34.2 Å². The molecule has 3 rings (SSSR count). The van der Waals surface area contributed by atoms with Gasteiger partial charge in [0.1, 0.15) is 11.6 Å². The number of anilines is 1. The quantitative estimate of drug-likeness (QED) is 0.875. The third kappa shape index (κ3) is 2.46. The fourth-order valence-electron chi connectivity index (χ4n) is 2.28. The van der Waals surface area contributed by atoms with Gasteiger partial charge < -0.3 is 5.32 Å². The minimum Gasteiger partial charge on any atom is -0.367 e. The molecule has 0 aliphatic heterocycles. The molecule has 0 bridgehead atoms. The van der Waals surface area contributed by atoms with Crippen LogP contribution in [-0.4, -0.2) is 11.0 Å². The first-order valence-corrected chi connectivity index (χ1v) is 7.40. The van der Waals surface area contributed by atoms with Crippen molar-refractivity contribution in [2.75, 3.05) is 5.32 Å². The SMILES string of the molecule is CC(C)Nc1nc(C2CC2)c(Br)c2ccc(F)cc12. The number of fused-ring (bicyclic) bond motifs is 1. The Morgan fingerprint density at radius 2 is 2.05 bits per heavy atom. The predicted octanol–water partition coefficient (Wildman–Crippen LogP) is 4.83. The van der Waals surface area contributed by atoms with Crippen molar-refractivity contribution in [1.82, 2.24) is 4.98 Å². The molecule has 1 N–H and O–H groups in total. The largest absolute Gasteiger partial charge is 0.367 e. The zero-order valence-electron chi connectivity index (χ0n) is 11.0. The molecule has 19 heavy (non-hydrogen) atoms. The summed E-state index contributed by atoms with van der Waals surface area (Å²) in [7, 11) is 0. The van der Waals surface area contributed by atoms with E-state index in [-0.39, 0.29) is 11.9 Å². The third-order valence-electron chi connectivity index (χ3n) is 3.32. The maximum Gasteiger partial charge on any atom is 0.134 e. The normalized spacial score (nSPS) is 15.2. The Bertz CT molecular complexity index is 636. The number of nitrogens with one attached hydrogen (secondary N) is 1. The summed E-state index contributed by atoms with van der Waals surface area (Å²) in [6, 6.07) is 5.15. The van der Waals surface area contributed by atoms with Crippen molar-refractivity contribution in [1.29, 1.82) is 0 Å². The van der Waals surface area contributed by atoms with Gasteiger partial charge in [0.15, 0.2) is 0 Å². The topological polar surface area (TPSA) is 24.9 Å². The molecule has 0 amide bonds. The van der Waals surface area contributed by atoms with E-state index in [1.807, 2.05) is 6.07 Å². The summed E-state index contributed by atoms with van der Waals surface area (Å²) in [6.45, 7) is 4.12. The highest BCUT2D eigenvalue weighted by Crippen LogP contribution is 2.45. The van der Waals surface area contributed by atoms with Gasteiger partial charge in [-0.05, 0) is 54.8 Å². The van der Waals surface area contributed by atoms with Crippen LogP contribution in [0.25, 0.3) is 10.8 Å². The van der Waals surface area contributed by atoms with Crippen molar-refractivity contribution in [2.45, 2.75) is 38.6 Å². The lowest BCUT2D eigenvalue weighted by Crippen LogP contribution is -2.12. The molecule has 2 aromatic rings. The second-order valence-electron chi connectivity index (χ2n) is 5.42. The maximum atomic E-state index is 13.5. The molecule has 100 valence electrons. The molecule has 0 radical (unpaired) electrons. The van der Waals surface area contributed by atoms with Crippen LogP contribution in [0.15, 0.2) is 22.7 Å². The van der Waals surface area contributed by atoms with Gasteiger partial charge in [0, 0.05) is 27.2 Å². The zero-order chi connectivity index (χ0) is 13.6. The highest BCUT2D eigenvalue weighted by molar-refractivity contribution is 9.10. The number of hydrogen-bond acceptors (Lipinski definition) is 2. The Morgan fingerprint density at radius 1 is 1.32 bits per heavy atom. The van der Waals surface area contributed by atoms with Crippen molar-refractivity contribution >= 4 is 32.5 Å². The van der Waals surface area contributed by atoms with Crippen LogP contribution in [0.3, 0.4) is 0 Å². The summed E-state index contributed by atoms with van der Waals surface area (Å²) in [6.07, 6.45) is 2.39. The third-order valence-corrected chi connectivity index (χ3v) is 4.15. The van der Waals surface area contributed by atoms with Crippen LogP contribution in [0, 0.1) is 5.82 Å². The van der Waals surface area contributed by atoms with Gasteiger partial charge >= 0.3 is 0 Å². The van der Waals surface area contributed by atoms with Gasteiger partial charge in [0.2, 0.25) is 0 Å². The van der Waals surface area contributed by atoms with E-state index < -0.39 is 0 Å².